The molecule has 14 nitrogen and oxygen atoms in total. The zero-order chi connectivity index (χ0) is 16.4. The second kappa shape index (κ2) is 6.01. The van der Waals surface area contributed by atoms with Gasteiger partial charge in [-0.25, -0.2) is 14.7 Å². The number of aromatic nitrogens is 8. The van der Waals surface area contributed by atoms with Crippen molar-refractivity contribution in [1.29, 1.82) is 0 Å². The second-order valence-corrected chi connectivity index (χ2v) is 4.68. The van der Waals surface area contributed by atoms with Crippen LogP contribution in [-0.2, 0) is 0 Å². The van der Waals surface area contributed by atoms with E-state index in [9.17, 15) is 0 Å². The molecule has 4 rings (SSSR count). The van der Waals surface area contributed by atoms with Crippen molar-refractivity contribution in [3.8, 4) is 23.3 Å². The van der Waals surface area contributed by atoms with E-state index in [1.54, 1.807) is 5.53 Å². The predicted octanol–water partition coefficient (Wildman–Crippen LogP) is -1.87. The van der Waals surface area contributed by atoms with Crippen LogP contribution in [0.3, 0.4) is 0 Å². The number of ether oxygens (including phenoxy) is 1. The number of nitrogens with one attached hydrogen (secondary N) is 3. The first-order chi connectivity index (χ1) is 11.9. The molecular formula is C10H12N11O3+. The quantitative estimate of drug-likeness (QED) is 0.382. The number of quaternary nitrogens is 1. The number of H-pyrrole nitrogens is 1. The van der Waals surface area contributed by atoms with Crippen molar-refractivity contribution in [1.82, 2.24) is 52.1 Å². The predicted molar refractivity (Wildman–Crippen MR) is 72.1 cm³/mol. The molecule has 3 aromatic heterocycles. The summed E-state index contributed by atoms with van der Waals surface area (Å²) in [6.07, 6.45) is 0.815. The number of hydrogen-bond donors (Lipinski definition) is 4. The lowest BCUT2D eigenvalue weighted by atomic mass is 10.1. The van der Waals surface area contributed by atoms with Gasteiger partial charge in [-0.15, -0.1) is 15.6 Å². The Balaban J connectivity index is 1.67. The van der Waals surface area contributed by atoms with Gasteiger partial charge in [0.1, 0.15) is 5.70 Å². The highest BCUT2D eigenvalue weighted by atomic mass is 16.6. The van der Waals surface area contributed by atoms with Gasteiger partial charge in [0, 0.05) is 0 Å². The molecule has 1 aliphatic heterocycles. The largest absolute Gasteiger partial charge is 0.410 e. The summed E-state index contributed by atoms with van der Waals surface area (Å²) >= 11 is 0. The van der Waals surface area contributed by atoms with Crippen LogP contribution in [0.5, 0.6) is 11.8 Å². The maximum atomic E-state index is 5.63. The third kappa shape index (κ3) is 2.44. The van der Waals surface area contributed by atoms with Crippen LogP contribution in [0.1, 0.15) is 19.0 Å². The third-order valence-electron chi connectivity index (χ3n) is 3.32. The van der Waals surface area contributed by atoms with Crippen LogP contribution < -0.4 is 21.1 Å². The van der Waals surface area contributed by atoms with E-state index in [2.05, 4.69) is 56.7 Å². The van der Waals surface area contributed by atoms with Gasteiger partial charge in [-0.1, -0.05) is 6.92 Å². The van der Waals surface area contributed by atoms with Crippen molar-refractivity contribution < 1.29 is 19.5 Å². The number of aromatic amines is 1. The number of rotatable bonds is 5. The molecule has 0 fully saturated rings. The van der Waals surface area contributed by atoms with Crippen molar-refractivity contribution in [3.63, 3.8) is 0 Å². The fraction of sp³-hybridized carbons (Fsp3) is 0.300. The maximum absolute atomic E-state index is 5.63. The molecule has 0 unspecified atom stereocenters. The molecule has 0 bridgehead atoms. The van der Waals surface area contributed by atoms with Crippen molar-refractivity contribution in [2.75, 3.05) is 6.54 Å². The number of nitrogens with zero attached hydrogens (tertiary/aromatic N) is 7. The minimum atomic E-state index is 0.0184. The highest BCUT2D eigenvalue weighted by Crippen LogP contribution is 2.31. The molecule has 4 heterocycles. The summed E-state index contributed by atoms with van der Waals surface area (Å²) in [4.78, 5) is 0. The standard InChI is InChI=1S/C10H11N11O3/c1-2-4-3-11-19-12-5(4)6-9(17-23-15-6)22-10-7(16-24-18-10)8-13-20-21-14-8/h11-12,19H,2-3H2,1H3,(H,13,14,20,21)/p+1. The first-order valence-electron chi connectivity index (χ1n) is 6.97. The second-order valence-electron chi connectivity index (χ2n) is 4.68. The molecule has 3 aromatic rings. The van der Waals surface area contributed by atoms with Gasteiger partial charge < -0.3 is 4.74 Å². The Hall–Kier alpha value is -3.39. The van der Waals surface area contributed by atoms with Crippen LogP contribution in [0, 0.1) is 0 Å². The van der Waals surface area contributed by atoms with Gasteiger partial charge in [-0.05, 0) is 37.8 Å². The zero-order valence-corrected chi connectivity index (χ0v) is 12.3. The molecule has 0 radical (unpaired) electrons. The Kier molecular flexibility index (Phi) is 3.56. The molecule has 14 heteroatoms. The van der Waals surface area contributed by atoms with E-state index in [1.165, 1.54) is 0 Å². The molecule has 0 aliphatic carbocycles. The summed E-state index contributed by atoms with van der Waals surface area (Å²) in [7, 11) is 0. The molecule has 0 amide bonds. The minimum Gasteiger partial charge on any atom is -0.410 e. The summed E-state index contributed by atoms with van der Waals surface area (Å²) < 4.78 is 15.1. The topological polar surface area (TPSA) is 182 Å². The number of tetrazole rings is 1. The average Bonchev–Trinajstić information content (AvgIpc) is 3.36. The van der Waals surface area contributed by atoms with Gasteiger partial charge in [-0.3, -0.25) is 0 Å². The molecule has 24 heavy (non-hydrogen) atoms. The van der Waals surface area contributed by atoms with Crippen LogP contribution in [0.15, 0.2) is 14.8 Å². The van der Waals surface area contributed by atoms with E-state index in [0.717, 1.165) is 17.7 Å². The van der Waals surface area contributed by atoms with Crippen molar-refractivity contribution in [2.45, 2.75) is 13.3 Å². The fourth-order valence-corrected chi connectivity index (χ4v) is 2.16. The van der Waals surface area contributed by atoms with E-state index in [4.69, 9.17) is 9.37 Å². The van der Waals surface area contributed by atoms with Crippen LogP contribution in [-0.4, -0.2) is 47.8 Å². The maximum Gasteiger partial charge on any atom is 0.294 e. The van der Waals surface area contributed by atoms with Gasteiger partial charge in [0.05, 0.1) is 6.54 Å². The Morgan fingerprint density at radius 3 is 2.67 bits per heavy atom. The monoisotopic (exact) mass is 334 g/mol. The minimum absolute atomic E-state index is 0.0184. The summed E-state index contributed by atoms with van der Waals surface area (Å²) in [5.41, 5.74) is 10.3. The molecule has 0 saturated carbocycles. The lowest BCUT2D eigenvalue weighted by Gasteiger charge is -2.18. The van der Waals surface area contributed by atoms with Gasteiger partial charge in [0.25, 0.3) is 11.8 Å². The van der Waals surface area contributed by atoms with Crippen molar-refractivity contribution in [3.05, 3.63) is 11.3 Å². The lowest BCUT2D eigenvalue weighted by molar-refractivity contribution is -0.753. The van der Waals surface area contributed by atoms with E-state index in [1.807, 2.05) is 6.92 Å². The van der Waals surface area contributed by atoms with Gasteiger partial charge in [0.2, 0.25) is 11.5 Å². The lowest BCUT2D eigenvalue weighted by Crippen LogP contribution is -3.01. The summed E-state index contributed by atoms with van der Waals surface area (Å²) in [5.74, 6) is 0.301. The van der Waals surface area contributed by atoms with Crippen LogP contribution in [0.4, 0.5) is 0 Å². The first-order valence-corrected chi connectivity index (χ1v) is 6.97. The molecule has 5 N–H and O–H groups in total. The Morgan fingerprint density at radius 1 is 1.12 bits per heavy atom. The molecular weight excluding hydrogens is 322 g/mol. The summed E-state index contributed by atoms with van der Waals surface area (Å²) in [5, 5.41) is 28.4. The molecule has 0 atom stereocenters. The third-order valence-corrected chi connectivity index (χ3v) is 3.32. The molecule has 124 valence electrons. The van der Waals surface area contributed by atoms with Gasteiger partial charge >= 0.3 is 0 Å². The van der Waals surface area contributed by atoms with E-state index in [-0.39, 0.29) is 23.3 Å². The number of hydrogen-bond acceptors (Lipinski definition) is 12. The first kappa shape index (κ1) is 14.2. The molecule has 0 aromatic carbocycles. The fourth-order valence-electron chi connectivity index (χ4n) is 2.16. The molecule has 0 saturated heterocycles. The smallest absolute Gasteiger partial charge is 0.294 e. The van der Waals surface area contributed by atoms with Gasteiger partial charge in [0.15, 0.2) is 5.69 Å². The highest BCUT2D eigenvalue weighted by Gasteiger charge is 2.27. The average molecular weight is 334 g/mol. The highest BCUT2D eigenvalue weighted by molar-refractivity contribution is 5.67. The Morgan fingerprint density at radius 2 is 1.92 bits per heavy atom. The van der Waals surface area contributed by atoms with E-state index < -0.39 is 0 Å². The van der Waals surface area contributed by atoms with Crippen LogP contribution in [0.2, 0.25) is 0 Å². The zero-order valence-electron chi connectivity index (χ0n) is 12.3. The molecule has 0 spiro atoms. The van der Waals surface area contributed by atoms with Crippen molar-refractivity contribution >= 4 is 5.70 Å². The SMILES string of the molecule is CCC1=C(c2nonc2Oc2nonc2-c2nn[nH]n2)N[NH2+]NC1. The van der Waals surface area contributed by atoms with Crippen LogP contribution in [0.25, 0.3) is 17.2 Å². The summed E-state index contributed by atoms with van der Waals surface area (Å²) in [6.45, 7) is 2.72. The van der Waals surface area contributed by atoms with Gasteiger partial charge in [-0.2, -0.15) is 10.7 Å². The van der Waals surface area contributed by atoms with E-state index >= 15 is 0 Å². The van der Waals surface area contributed by atoms with Crippen molar-refractivity contribution in [2.24, 2.45) is 0 Å². The van der Waals surface area contributed by atoms with Crippen LogP contribution >= 0.6 is 0 Å². The summed E-state index contributed by atoms with van der Waals surface area (Å²) in [6, 6.07) is 0. The molecule has 1 aliphatic rings. The number of nitrogens with two attached hydrogens (primary N) is 1. The Bertz CT molecular complexity index is 851. The normalized spacial score (nSPS) is 14.7. The Labute approximate surface area is 132 Å². The van der Waals surface area contributed by atoms with E-state index in [0.29, 0.717) is 12.2 Å².